The van der Waals surface area contributed by atoms with Crippen LogP contribution in [-0.2, 0) is 6.42 Å². The first kappa shape index (κ1) is 9.10. The lowest BCUT2D eigenvalue weighted by molar-refractivity contribution is 0.950. The van der Waals surface area contributed by atoms with E-state index < -0.39 is 0 Å². The summed E-state index contributed by atoms with van der Waals surface area (Å²) in [5.74, 6) is 0. The van der Waals surface area contributed by atoms with Crippen LogP contribution in [0.2, 0.25) is 5.02 Å². The zero-order chi connectivity index (χ0) is 9.26. The Morgan fingerprint density at radius 1 is 1.46 bits per heavy atom. The summed E-state index contributed by atoms with van der Waals surface area (Å²) in [5, 5.41) is 1.91. The van der Waals surface area contributed by atoms with Crippen LogP contribution in [0.1, 0.15) is 11.1 Å². The standard InChI is InChI=1S/C10H10ClNS/c1-13-10-9-6-8(11)3-2-7(9)4-5-12-10/h2-3,6H,4-5H2,1H3. The van der Waals surface area contributed by atoms with E-state index in [4.69, 9.17) is 11.6 Å². The summed E-state index contributed by atoms with van der Waals surface area (Å²) in [5.41, 5.74) is 2.58. The fourth-order valence-electron chi connectivity index (χ4n) is 1.50. The van der Waals surface area contributed by atoms with Crippen molar-refractivity contribution in [3.8, 4) is 0 Å². The Morgan fingerprint density at radius 3 is 3.08 bits per heavy atom. The second kappa shape index (κ2) is 3.72. The monoisotopic (exact) mass is 211 g/mol. The van der Waals surface area contributed by atoms with Gasteiger partial charge in [-0.15, -0.1) is 11.8 Å². The van der Waals surface area contributed by atoms with Gasteiger partial charge in [0.25, 0.3) is 0 Å². The molecular formula is C10H10ClNS. The molecule has 0 saturated carbocycles. The highest BCUT2D eigenvalue weighted by molar-refractivity contribution is 8.13. The molecule has 0 saturated heterocycles. The Balaban J connectivity index is 2.51. The number of benzene rings is 1. The minimum atomic E-state index is 0.794. The summed E-state index contributed by atoms with van der Waals surface area (Å²) in [7, 11) is 0. The number of aliphatic imine (C=N–C) groups is 1. The predicted octanol–water partition coefficient (Wildman–Crippen LogP) is 3.01. The highest BCUT2D eigenvalue weighted by Gasteiger charge is 2.12. The van der Waals surface area contributed by atoms with E-state index in [1.807, 2.05) is 12.1 Å². The molecule has 0 N–H and O–H groups in total. The summed E-state index contributed by atoms with van der Waals surface area (Å²) in [6, 6.07) is 6.05. The minimum Gasteiger partial charge on any atom is -0.277 e. The van der Waals surface area contributed by atoms with Gasteiger partial charge in [0, 0.05) is 17.1 Å². The van der Waals surface area contributed by atoms with Crippen LogP contribution in [0.5, 0.6) is 0 Å². The molecule has 1 heterocycles. The van der Waals surface area contributed by atoms with Crippen molar-refractivity contribution in [1.82, 2.24) is 0 Å². The third-order valence-electron chi connectivity index (χ3n) is 2.13. The van der Waals surface area contributed by atoms with Crippen molar-refractivity contribution >= 4 is 28.4 Å². The van der Waals surface area contributed by atoms with Gasteiger partial charge in [0.05, 0.1) is 5.04 Å². The smallest absolute Gasteiger partial charge is 0.0977 e. The van der Waals surface area contributed by atoms with Crippen molar-refractivity contribution in [2.24, 2.45) is 4.99 Å². The van der Waals surface area contributed by atoms with Gasteiger partial charge in [0.2, 0.25) is 0 Å². The molecule has 0 fully saturated rings. The summed E-state index contributed by atoms with van der Waals surface area (Å²) in [6.07, 6.45) is 3.09. The maximum atomic E-state index is 5.93. The fraction of sp³-hybridized carbons (Fsp3) is 0.300. The zero-order valence-corrected chi connectivity index (χ0v) is 8.95. The van der Waals surface area contributed by atoms with Crippen LogP contribution < -0.4 is 0 Å². The van der Waals surface area contributed by atoms with Crippen molar-refractivity contribution in [2.45, 2.75) is 6.42 Å². The Kier molecular flexibility index (Phi) is 2.61. The van der Waals surface area contributed by atoms with Crippen LogP contribution in [-0.4, -0.2) is 17.8 Å². The normalized spacial score (nSPS) is 15.1. The van der Waals surface area contributed by atoms with Gasteiger partial charge < -0.3 is 0 Å². The van der Waals surface area contributed by atoms with E-state index in [1.165, 1.54) is 11.1 Å². The van der Waals surface area contributed by atoms with E-state index in [9.17, 15) is 0 Å². The second-order valence-corrected chi connectivity index (χ2v) is 4.17. The van der Waals surface area contributed by atoms with E-state index in [0.29, 0.717) is 0 Å². The SMILES string of the molecule is CSC1=NCCc2ccc(Cl)cc21. The van der Waals surface area contributed by atoms with Gasteiger partial charge in [-0.25, -0.2) is 0 Å². The van der Waals surface area contributed by atoms with Crippen molar-refractivity contribution in [2.75, 3.05) is 12.8 Å². The average molecular weight is 212 g/mol. The summed E-state index contributed by atoms with van der Waals surface area (Å²) < 4.78 is 0. The van der Waals surface area contributed by atoms with Gasteiger partial charge in [-0.05, 0) is 30.4 Å². The van der Waals surface area contributed by atoms with Crippen LogP contribution in [0, 0.1) is 0 Å². The number of hydrogen-bond donors (Lipinski definition) is 0. The van der Waals surface area contributed by atoms with E-state index in [0.717, 1.165) is 23.0 Å². The molecule has 0 aromatic heterocycles. The third-order valence-corrected chi connectivity index (χ3v) is 3.10. The molecule has 0 atom stereocenters. The molecule has 3 heteroatoms. The van der Waals surface area contributed by atoms with Crippen molar-refractivity contribution in [1.29, 1.82) is 0 Å². The van der Waals surface area contributed by atoms with Gasteiger partial charge in [-0.1, -0.05) is 17.7 Å². The predicted molar refractivity (Wildman–Crippen MR) is 60.1 cm³/mol. The summed E-state index contributed by atoms with van der Waals surface area (Å²) in [4.78, 5) is 4.45. The highest BCUT2D eigenvalue weighted by atomic mass is 35.5. The highest BCUT2D eigenvalue weighted by Crippen LogP contribution is 2.24. The molecule has 1 aliphatic rings. The van der Waals surface area contributed by atoms with Crippen LogP contribution in [0.15, 0.2) is 23.2 Å². The fourth-order valence-corrected chi connectivity index (χ4v) is 2.31. The number of halogens is 1. The molecule has 68 valence electrons. The first-order valence-electron chi connectivity index (χ1n) is 4.18. The number of thioether (sulfide) groups is 1. The topological polar surface area (TPSA) is 12.4 Å². The van der Waals surface area contributed by atoms with Gasteiger partial charge in [-0.2, -0.15) is 0 Å². The number of nitrogens with zero attached hydrogens (tertiary/aromatic N) is 1. The van der Waals surface area contributed by atoms with Crippen LogP contribution >= 0.6 is 23.4 Å². The van der Waals surface area contributed by atoms with E-state index in [1.54, 1.807) is 11.8 Å². The quantitative estimate of drug-likeness (QED) is 0.643. The average Bonchev–Trinajstić information content (AvgIpc) is 2.17. The molecule has 0 amide bonds. The van der Waals surface area contributed by atoms with Crippen LogP contribution in [0.25, 0.3) is 0 Å². The van der Waals surface area contributed by atoms with Gasteiger partial charge >= 0.3 is 0 Å². The maximum Gasteiger partial charge on any atom is 0.0977 e. The molecule has 1 aromatic carbocycles. The Morgan fingerprint density at radius 2 is 2.31 bits per heavy atom. The van der Waals surface area contributed by atoms with E-state index in [2.05, 4.69) is 17.3 Å². The molecule has 0 spiro atoms. The Hall–Kier alpha value is -0.470. The number of fused-ring (bicyclic) bond motifs is 1. The minimum absolute atomic E-state index is 0.794. The molecule has 13 heavy (non-hydrogen) atoms. The van der Waals surface area contributed by atoms with Crippen molar-refractivity contribution in [3.05, 3.63) is 34.3 Å². The first-order chi connectivity index (χ1) is 6.31. The molecule has 0 bridgehead atoms. The van der Waals surface area contributed by atoms with E-state index >= 15 is 0 Å². The Bertz CT molecular complexity index is 360. The number of rotatable bonds is 0. The third kappa shape index (κ3) is 1.74. The molecule has 0 aliphatic carbocycles. The zero-order valence-electron chi connectivity index (χ0n) is 7.38. The van der Waals surface area contributed by atoms with Gasteiger partial charge in [0.15, 0.2) is 0 Å². The van der Waals surface area contributed by atoms with Gasteiger partial charge in [-0.3, -0.25) is 4.99 Å². The molecular weight excluding hydrogens is 202 g/mol. The number of hydrogen-bond acceptors (Lipinski definition) is 2. The van der Waals surface area contributed by atoms with Crippen molar-refractivity contribution < 1.29 is 0 Å². The van der Waals surface area contributed by atoms with Gasteiger partial charge in [0.1, 0.15) is 0 Å². The lowest BCUT2D eigenvalue weighted by Crippen LogP contribution is -2.09. The molecule has 1 aliphatic heterocycles. The second-order valence-electron chi connectivity index (χ2n) is 2.94. The largest absolute Gasteiger partial charge is 0.277 e. The molecule has 2 rings (SSSR count). The molecule has 1 aromatic rings. The molecule has 0 unspecified atom stereocenters. The van der Waals surface area contributed by atoms with Crippen molar-refractivity contribution in [3.63, 3.8) is 0 Å². The molecule has 0 radical (unpaired) electrons. The summed E-state index contributed by atoms with van der Waals surface area (Å²) >= 11 is 7.62. The summed E-state index contributed by atoms with van der Waals surface area (Å²) in [6.45, 7) is 0.908. The van der Waals surface area contributed by atoms with E-state index in [-0.39, 0.29) is 0 Å². The molecule has 1 nitrogen and oxygen atoms in total. The van der Waals surface area contributed by atoms with Crippen LogP contribution in [0.3, 0.4) is 0 Å². The lowest BCUT2D eigenvalue weighted by Gasteiger charge is -2.15. The maximum absolute atomic E-state index is 5.93. The Labute approximate surface area is 87.2 Å². The van der Waals surface area contributed by atoms with Crippen LogP contribution in [0.4, 0.5) is 0 Å². The first-order valence-corrected chi connectivity index (χ1v) is 5.79. The lowest BCUT2D eigenvalue weighted by atomic mass is 10.0.